The third-order valence-corrected chi connectivity index (χ3v) is 8.60. The topological polar surface area (TPSA) is 138 Å². The van der Waals surface area contributed by atoms with E-state index in [9.17, 15) is 4.79 Å². The SMILES string of the molecule is CCC(CC#N)CNC(CCCCCCI)C(C(=O)NC1CNCCC1OC1CCCCC1)C(N)N. The number of carbonyl (C=O) groups excluding carboxylic acids is 1. The average molecular weight is 619 g/mol. The molecule has 1 saturated carbocycles. The summed E-state index contributed by atoms with van der Waals surface area (Å²) in [6.45, 7) is 4.40. The van der Waals surface area contributed by atoms with Crippen LogP contribution in [0.25, 0.3) is 0 Å². The van der Waals surface area contributed by atoms with E-state index in [1.807, 2.05) is 0 Å². The van der Waals surface area contributed by atoms with Crippen LogP contribution in [-0.4, -0.2) is 60.4 Å². The monoisotopic (exact) mass is 618 g/mol. The van der Waals surface area contributed by atoms with E-state index in [2.05, 4.69) is 51.5 Å². The highest BCUT2D eigenvalue weighted by Crippen LogP contribution is 2.24. The van der Waals surface area contributed by atoms with Crippen LogP contribution in [0.3, 0.4) is 0 Å². The summed E-state index contributed by atoms with van der Waals surface area (Å²) in [5.74, 6) is -0.370. The number of nitrogens with one attached hydrogen (secondary N) is 3. The number of nitrogens with zero attached hydrogens (tertiary/aromatic N) is 1. The normalized spacial score (nSPS) is 23.7. The largest absolute Gasteiger partial charge is 0.373 e. The van der Waals surface area contributed by atoms with E-state index < -0.39 is 12.1 Å². The average Bonchev–Trinajstić information content (AvgIpc) is 2.87. The molecule has 1 saturated heterocycles. The molecule has 2 rings (SSSR count). The molecule has 1 amide bonds. The van der Waals surface area contributed by atoms with Gasteiger partial charge in [0.1, 0.15) is 0 Å². The number of ether oxygens (including phenoxy) is 1. The number of alkyl halides is 1. The number of nitriles is 1. The highest BCUT2D eigenvalue weighted by molar-refractivity contribution is 14.1. The number of halogens is 1. The Labute approximate surface area is 232 Å². The molecule has 0 radical (unpaired) electrons. The summed E-state index contributed by atoms with van der Waals surface area (Å²) in [5, 5.41) is 19.5. The van der Waals surface area contributed by atoms with E-state index in [0.717, 1.165) is 51.5 Å². The summed E-state index contributed by atoms with van der Waals surface area (Å²) in [5.41, 5.74) is 12.5. The van der Waals surface area contributed by atoms with Crippen molar-refractivity contribution in [3.63, 3.8) is 0 Å². The number of hydrogen-bond donors (Lipinski definition) is 5. The van der Waals surface area contributed by atoms with Gasteiger partial charge in [-0.3, -0.25) is 4.79 Å². The summed E-state index contributed by atoms with van der Waals surface area (Å²) in [6.07, 6.45) is 13.3. The first-order valence-electron chi connectivity index (χ1n) is 14.3. The Morgan fingerprint density at radius 2 is 1.92 bits per heavy atom. The van der Waals surface area contributed by atoms with Gasteiger partial charge in [-0.25, -0.2) is 0 Å². The smallest absolute Gasteiger partial charge is 0.227 e. The molecule has 5 unspecified atom stereocenters. The fourth-order valence-corrected chi connectivity index (χ4v) is 6.06. The van der Waals surface area contributed by atoms with Crippen LogP contribution in [0.5, 0.6) is 0 Å². The highest BCUT2D eigenvalue weighted by atomic mass is 127. The third kappa shape index (κ3) is 11.5. The zero-order valence-electron chi connectivity index (χ0n) is 22.4. The van der Waals surface area contributed by atoms with Crippen molar-refractivity contribution in [1.29, 1.82) is 5.26 Å². The second kappa shape index (κ2) is 18.7. The molecule has 0 spiro atoms. The first-order valence-corrected chi connectivity index (χ1v) is 15.9. The van der Waals surface area contributed by atoms with Gasteiger partial charge in [-0.15, -0.1) is 0 Å². The van der Waals surface area contributed by atoms with Gasteiger partial charge in [-0.05, 0) is 55.5 Å². The number of amides is 1. The lowest BCUT2D eigenvalue weighted by molar-refractivity contribution is -0.130. The number of piperidine rings is 1. The van der Waals surface area contributed by atoms with E-state index in [1.54, 1.807) is 0 Å². The minimum absolute atomic E-state index is 0.0211. The fraction of sp³-hybridized carbons (Fsp3) is 0.926. The number of hydrogen-bond acceptors (Lipinski definition) is 7. The van der Waals surface area contributed by atoms with E-state index in [0.29, 0.717) is 25.6 Å². The maximum atomic E-state index is 13.7. The Balaban J connectivity index is 2.05. The minimum Gasteiger partial charge on any atom is -0.373 e. The number of rotatable bonds is 17. The Morgan fingerprint density at radius 1 is 1.17 bits per heavy atom. The van der Waals surface area contributed by atoms with Gasteiger partial charge in [-0.1, -0.05) is 74.5 Å². The maximum absolute atomic E-state index is 13.7. The van der Waals surface area contributed by atoms with Crippen molar-refractivity contribution in [3.05, 3.63) is 0 Å². The van der Waals surface area contributed by atoms with E-state index >= 15 is 0 Å². The van der Waals surface area contributed by atoms with Gasteiger partial charge < -0.3 is 32.2 Å². The van der Waals surface area contributed by atoms with Gasteiger partial charge in [0.15, 0.2) is 0 Å². The van der Waals surface area contributed by atoms with Gasteiger partial charge in [0.05, 0.1) is 36.4 Å². The Kier molecular flexibility index (Phi) is 16.5. The molecule has 8 nitrogen and oxygen atoms in total. The lowest BCUT2D eigenvalue weighted by Gasteiger charge is -2.38. The molecule has 36 heavy (non-hydrogen) atoms. The van der Waals surface area contributed by atoms with E-state index in [-0.39, 0.29) is 30.0 Å². The molecule has 9 heteroatoms. The predicted octanol–water partition coefficient (Wildman–Crippen LogP) is 3.33. The molecule has 208 valence electrons. The molecule has 0 bridgehead atoms. The van der Waals surface area contributed by atoms with Gasteiger partial charge >= 0.3 is 0 Å². The van der Waals surface area contributed by atoms with Crippen LogP contribution in [0.15, 0.2) is 0 Å². The Morgan fingerprint density at radius 3 is 2.58 bits per heavy atom. The summed E-state index contributed by atoms with van der Waals surface area (Å²) < 4.78 is 7.68. The molecule has 5 atom stereocenters. The zero-order valence-corrected chi connectivity index (χ0v) is 24.5. The van der Waals surface area contributed by atoms with Crippen molar-refractivity contribution in [2.24, 2.45) is 23.3 Å². The molecule has 2 aliphatic rings. The molecule has 1 heterocycles. The summed E-state index contributed by atoms with van der Waals surface area (Å²) in [4.78, 5) is 13.7. The van der Waals surface area contributed by atoms with Crippen molar-refractivity contribution in [2.45, 2.75) is 121 Å². The second-order valence-electron chi connectivity index (χ2n) is 10.7. The number of nitrogens with two attached hydrogens (primary N) is 2. The standard InChI is InChI=1S/C27H51IN6O2/c1-2-20(13-16-29)18-33-22(12-8-3-4-9-15-28)25(26(30)31)27(35)34-23-19-32-17-14-24(23)36-21-10-6-5-7-11-21/h20-26,32-33H,2-15,17-19,30-31H2,1H3,(H,34,35). The lowest BCUT2D eigenvalue weighted by Crippen LogP contribution is -2.61. The number of unbranched alkanes of at least 4 members (excludes halogenated alkanes) is 3. The van der Waals surface area contributed by atoms with Gasteiger partial charge in [0, 0.05) is 19.0 Å². The van der Waals surface area contributed by atoms with Crippen molar-refractivity contribution in [1.82, 2.24) is 16.0 Å². The molecule has 2 fully saturated rings. The molecular formula is C27H51IN6O2. The third-order valence-electron chi connectivity index (χ3n) is 7.84. The molecule has 0 aromatic heterocycles. The van der Waals surface area contributed by atoms with E-state index in [1.165, 1.54) is 36.5 Å². The lowest BCUT2D eigenvalue weighted by atomic mass is 9.89. The molecule has 7 N–H and O–H groups in total. The quantitative estimate of drug-likeness (QED) is 0.0730. The van der Waals surface area contributed by atoms with Crippen LogP contribution in [0.1, 0.15) is 90.4 Å². The summed E-state index contributed by atoms with van der Waals surface area (Å²) in [6, 6.07) is 2.08. The van der Waals surface area contributed by atoms with Crippen LogP contribution in [0, 0.1) is 23.2 Å². The fourth-order valence-electron chi connectivity index (χ4n) is 5.52. The second-order valence-corrected chi connectivity index (χ2v) is 11.8. The van der Waals surface area contributed by atoms with Crippen LogP contribution in [0.4, 0.5) is 0 Å². The Bertz CT molecular complexity index is 640. The van der Waals surface area contributed by atoms with Crippen LogP contribution >= 0.6 is 22.6 Å². The summed E-state index contributed by atoms with van der Waals surface area (Å²) >= 11 is 2.42. The molecule has 1 aliphatic carbocycles. The predicted molar refractivity (Wildman–Crippen MR) is 155 cm³/mol. The molecule has 0 aromatic carbocycles. The first kappa shape index (κ1) is 31.7. The highest BCUT2D eigenvalue weighted by Gasteiger charge is 2.36. The maximum Gasteiger partial charge on any atom is 0.227 e. The molecule has 0 aromatic rings. The van der Waals surface area contributed by atoms with E-state index in [4.69, 9.17) is 21.5 Å². The first-order chi connectivity index (χ1) is 17.5. The van der Waals surface area contributed by atoms with Crippen LogP contribution < -0.4 is 27.4 Å². The number of carbonyl (C=O) groups is 1. The van der Waals surface area contributed by atoms with Gasteiger partial charge in [0.2, 0.25) is 5.91 Å². The molecular weight excluding hydrogens is 567 g/mol. The zero-order chi connectivity index (χ0) is 26.2. The molecule has 1 aliphatic heterocycles. The van der Waals surface area contributed by atoms with Crippen molar-refractivity contribution in [2.75, 3.05) is 24.1 Å². The minimum atomic E-state index is -0.762. The van der Waals surface area contributed by atoms with Gasteiger partial charge in [0.25, 0.3) is 0 Å². The van der Waals surface area contributed by atoms with Crippen molar-refractivity contribution >= 4 is 28.5 Å². The van der Waals surface area contributed by atoms with Crippen molar-refractivity contribution in [3.8, 4) is 6.07 Å². The Hall–Kier alpha value is -0.510. The summed E-state index contributed by atoms with van der Waals surface area (Å²) in [7, 11) is 0. The van der Waals surface area contributed by atoms with Crippen molar-refractivity contribution < 1.29 is 9.53 Å². The van der Waals surface area contributed by atoms with Crippen LogP contribution in [-0.2, 0) is 9.53 Å². The van der Waals surface area contributed by atoms with Gasteiger partial charge in [-0.2, -0.15) is 5.26 Å². The van der Waals surface area contributed by atoms with Crippen LogP contribution in [0.2, 0.25) is 0 Å².